The lowest BCUT2D eigenvalue weighted by molar-refractivity contribution is -0.118. The summed E-state index contributed by atoms with van der Waals surface area (Å²) in [4.78, 5) is 19.3. The number of carbonyl (C=O) groups is 1. The number of halogens is 1. The fourth-order valence-electron chi connectivity index (χ4n) is 5.24. The number of anilines is 1. The molecule has 2 aliphatic heterocycles. The summed E-state index contributed by atoms with van der Waals surface area (Å²) in [7, 11) is 0. The maximum Gasteiger partial charge on any atom is 0.227 e. The number of para-hydroxylation sites is 1. The molecule has 0 radical (unpaired) electrons. The van der Waals surface area contributed by atoms with Crippen LogP contribution in [-0.4, -0.2) is 50.3 Å². The summed E-state index contributed by atoms with van der Waals surface area (Å²) < 4.78 is 5.90. The Morgan fingerprint density at radius 2 is 2.13 bits per heavy atom. The maximum atomic E-state index is 12.7. The first-order valence-electron chi connectivity index (χ1n) is 11.1. The third kappa shape index (κ3) is 4.47. The van der Waals surface area contributed by atoms with Gasteiger partial charge in [0.1, 0.15) is 0 Å². The first-order valence-corrected chi connectivity index (χ1v) is 11.1. The van der Waals surface area contributed by atoms with Gasteiger partial charge in [-0.25, -0.2) is 0 Å². The Hall–Kier alpha value is -1.35. The van der Waals surface area contributed by atoms with E-state index >= 15 is 0 Å². The van der Waals surface area contributed by atoms with E-state index in [1.54, 1.807) is 0 Å². The van der Waals surface area contributed by atoms with Crippen molar-refractivity contribution in [3.8, 4) is 0 Å². The number of ether oxygens (including phenoxy) is 1. The molecule has 1 aromatic carbocycles. The predicted octanol–water partition coefficient (Wildman–Crippen LogP) is 3.34. The van der Waals surface area contributed by atoms with E-state index in [0.717, 1.165) is 50.6 Å². The minimum Gasteiger partial charge on any atom is -0.377 e. The Balaban J connectivity index is 0.00000256. The monoisotopic (exact) mass is 526 g/mol. The van der Waals surface area contributed by atoms with Crippen LogP contribution in [-0.2, 0) is 16.0 Å². The van der Waals surface area contributed by atoms with E-state index in [2.05, 4.69) is 37.5 Å². The summed E-state index contributed by atoms with van der Waals surface area (Å²) in [5, 5.41) is 6.99. The number of nitrogens with zero attached hydrogens (tertiary/aromatic N) is 2. The van der Waals surface area contributed by atoms with E-state index in [1.165, 1.54) is 5.56 Å². The molecule has 0 spiro atoms. The lowest BCUT2D eigenvalue weighted by atomic mass is 9.57. The van der Waals surface area contributed by atoms with Gasteiger partial charge >= 0.3 is 0 Å². The summed E-state index contributed by atoms with van der Waals surface area (Å²) in [5.74, 6) is 1.63. The molecule has 30 heavy (non-hydrogen) atoms. The third-order valence-corrected chi connectivity index (χ3v) is 6.74. The maximum absolute atomic E-state index is 12.7. The highest BCUT2D eigenvalue weighted by Crippen LogP contribution is 2.52. The quantitative estimate of drug-likeness (QED) is 0.258. The van der Waals surface area contributed by atoms with Crippen molar-refractivity contribution in [2.75, 3.05) is 31.1 Å². The number of carbonyl (C=O) groups excluding carboxylic acids is 1. The van der Waals surface area contributed by atoms with Gasteiger partial charge in [0.15, 0.2) is 5.96 Å². The van der Waals surface area contributed by atoms with Crippen LogP contribution in [0.25, 0.3) is 0 Å². The van der Waals surface area contributed by atoms with Crippen LogP contribution in [0.2, 0.25) is 0 Å². The highest BCUT2D eigenvalue weighted by Gasteiger charge is 2.59. The van der Waals surface area contributed by atoms with Crippen molar-refractivity contribution >= 4 is 41.5 Å². The first-order chi connectivity index (χ1) is 14.0. The van der Waals surface area contributed by atoms with Gasteiger partial charge in [-0.15, -0.1) is 24.0 Å². The van der Waals surface area contributed by atoms with Crippen LogP contribution >= 0.6 is 24.0 Å². The molecule has 1 amide bonds. The van der Waals surface area contributed by atoms with Gasteiger partial charge in [0.05, 0.1) is 6.10 Å². The van der Waals surface area contributed by atoms with Crippen LogP contribution in [0.5, 0.6) is 0 Å². The van der Waals surface area contributed by atoms with Gasteiger partial charge in [-0.3, -0.25) is 9.79 Å². The highest BCUT2D eigenvalue weighted by atomic mass is 127. The number of aliphatic imine (C=N–C) groups is 1. The Morgan fingerprint density at radius 3 is 2.93 bits per heavy atom. The fraction of sp³-hybridized carbons (Fsp3) is 0.652. The standard InChI is InChI=1S/C23H34N4O2.HI/c1-4-24-22(26-20-17-12-15-29-21(17)23(20,2)3)25-13-7-10-19(28)27-14-11-16-8-5-6-9-18(16)27;/h5-6,8-9,17,20-21H,4,7,10-15H2,1-3H3,(H2,24,25,26);1H. The zero-order chi connectivity index (χ0) is 20.4. The largest absolute Gasteiger partial charge is 0.377 e. The van der Waals surface area contributed by atoms with Crippen LogP contribution in [0, 0.1) is 11.3 Å². The van der Waals surface area contributed by atoms with Crippen LogP contribution in [0.3, 0.4) is 0 Å². The number of hydrogen-bond donors (Lipinski definition) is 2. The zero-order valence-electron chi connectivity index (χ0n) is 18.3. The van der Waals surface area contributed by atoms with Gasteiger partial charge in [0.2, 0.25) is 5.91 Å². The van der Waals surface area contributed by atoms with E-state index in [-0.39, 0.29) is 35.3 Å². The van der Waals surface area contributed by atoms with E-state index in [1.807, 2.05) is 23.1 Å². The number of hydrogen-bond acceptors (Lipinski definition) is 3. The van der Waals surface area contributed by atoms with Crippen molar-refractivity contribution < 1.29 is 9.53 Å². The number of fused-ring (bicyclic) bond motifs is 2. The van der Waals surface area contributed by atoms with Crippen LogP contribution in [0.15, 0.2) is 29.3 Å². The van der Waals surface area contributed by atoms with Gasteiger partial charge < -0.3 is 20.3 Å². The van der Waals surface area contributed by atoms with E-state index < -0.39 is 0 Å². The molecule has 2 heterocycles. The molecule has 6 nitrogen and oxygen atoms in total. The molecule has 2 fully saturated rings. The summed E-state index contributed by atoms with van der Waals surface area (Å²) in [6.07, 6.45) is 3.74. The second-order valence-electron chi connectivity index (χ2n) is 8.98. The molecule has 3 atom stereocenters. The van der Waals surface area contributed by atoms with Gasteiger partial charge in [-0.1, -0.05) is 32.0 Å². The molecule has 3 aliphatic rings. The van der Waals surface area contributed by atoms with Crippen molar-refractivity contribution in [3.63, 3.8) is 0 Å². The van der Waals surface area contributed by atoms with E-state index in [9.17, 15) is 4.79 Å². The number of amides is 1. The molecule has 2 N–H and O–H groups in total. The zero-order valence-corrected chi connectivity index (χ0v) is 20.6. The van der Waals surface area contributed by atoms with E-state index in [0.29, 0.717) is 31.0 Å². The van der Waals surface area contributed by atoms with Crippen LogP contribution in [0.1, 0.15) is 45.6 Å². The second-order valence-corrected chi connectivity index (χ2v) is 8.98. The van der Waals surface area contributed by atoms with E-state index in [4.69, 9.17) is 9.73 Å². The Labute approximate surface area is 197 Å². The van der Waals surface area contributed by atoms with Crippen molar-refractivity contribution in [1.82, 2.24) is 10.6 Å². The molecular weight excluding hydrogens is 491 g/mol. The predicted molar refractivity (Wildman–Crippen MR) is 132 cm³/mol. The topological polar surface area (TPSA) is 66.0 Å². The van der Waals surface area contributed by atoms with Crippen molar-refractivity contribution in [2.24, 2.45) is 16.3 Å². The van der Waals surface area contributed by atoms with Gasteiger partial charge in [-0.05, 0) is 37.8 Å². The molecular formula is C23H35IN4O2. The highest BCUT2D eigenvalue weighted by molar-refractivity contribution is 14.0. The smallest absolute Gasteiger partial charge is 0.227 e. The molecule has 3 unspecified atom stereocenters. The summed E-state index contributed by atoms with van der Waals surface area (Å²) in [5.41, 5.74) is 2.47. The Kier molecular flexibility index (Phi) is 7.66. The normalized spacial score (nSPS) is 26.3. The average Bonchev–Trinajstić information content (AvgIpc) is 3.34. The molecule has 1 saturated heterocycles. The molecule has 166 valence electrons. The molecule has 7 heteroatoms. The molecule has 1 saturated carbocycles. The summed E-state index contributed by atoms with van der Waals surface area (Å²) in [6, 6.07) is 8.59. The van der Waals surface area contributed by atoms with Crippen LogP contribution < -0.4 is 15.5 Å². The first kappa shape index (κ1) is 23.3. The van der Waals surface area contributed by atoms with Crippen molar-refractivity contribution in [3.05, 3.63) is 29.8 Å². The second kappa shape index (κ2) is 9.85. The number of guanidine groups is 1. The number of rotatable bonds is 6. The van der Waals surface area contributed by atoms with Gasteiger partial charge in [0, 0.05) is 55.7 Å². The molecule has 1 aromatic rings. The minimum atomic E-state index is 0. The number of nitrogens with one attached hydrogen (secondary N) is 2. The molecule has 4 rings (SSSR count). The SMILES string of the molecule is CCNC(=NCCCC(=O)N1CCc2ccccc21)NC1C2CCOC2C1(C)C.I. The van der Waals surface area contributed by atoms with Crippen LogP contribution in [0.4, 0.5) is 5.69 Å². The fourth-order valence-corrected chi connectivity index (χ4v) is 5.24. The van der Waals surface area contributed by atoms with Crippen molar-refractivity contribution in [1.29, 1.82) is 0 Å². The van der Waals surface area contributed by atoms with Crippen molar-refractivity contribution in [2.45, 2.75) is 58.6 Å². The minimum absolute atomic E-state index is 0. The lowest BCUT2D eigenvalue weighted by Gasteiger charge is -2.54. The average molecular weight is 526 g/mol. The molecule has 0 bridgehead atoms. The summed E-state index contributed by atoms with van der Waals surface area (Å²) in [6.45, 7) is 9.76. The Morgan fingerprint density at radius 1 is 1.33 bits per heavy atom. The molecule has 0 aromatic heterocycles. The third-order valence-electron chi connectivity index (χ3n) is 6.74. The lowest BCUT2D eigenvalue weighted by Crippen LogP contribution is -2.67. The van der Waals surface area contributed by atoms with Gasteiger partial charge in [0.25, 0.3) is 0 Å². The van der Waals surface area contributed by atoms with Gasteiger partial charge in [-0.2, -0.15) is 0 Å². The molecule has 1 aliphatic carbocycles. The Bertz CT molecular complexity index is 782. The number of benzene rings is 1. The summed E-state index contributed by atoms with van der Waals surface area (Å²) >= 11 is 0.